The van der Waals surface area contributed by atoms with Gasteiger partial charge in [-0.05, 0) is 41.3 Å². The molecule has 4 aromatic rings. The fourth-order valence-corrected chi connectivity index (χ4v) is 4.94. The predicted molar refractivity (Wildman–Crippen MR) is 136 cm³/mol. The Kier molecular flexibility index (Phi) is 4.96. The molecule has 1 saturated heterocycles. The molecular formula is C28H25N3O3. The third kappa shape index (κ3) is 3.30. The summed E-state index contributed by atoms with van der Waals surface area (Å²) < 4.78 is 11.0. The van der Waals surface area contributed by atoms with E-state index < -0.39 is 0 Å². The molecule has 0 bridgehead atoms. The molecule has 6 heteroatoms. The Bertz CT molecular complexity index is 1470. The molecule has 3 heterocycles. The molecule has 2 aliphatic heterocycles. The second-order valence-corrected chi connectivity index (χ2v) is 8.65. The van der Waals surface area contributed by atoms with Crippen molar-refractivity contribution in [2.24, 2.45) is 0 Å². The number of pyridine rings is 1. The zero-order valence-corrected chi connectivity index (χ0v) is 19.2. The maximum atomic E-state index is 12.6. The Hall–Kier alpha value is -3.90. The van der Waals surface area contributed by atoms with E-state index in [9.17, 15) is 4.79 Å². The van der Waals surface area contributed by atoms with Gasteiger partial charge in [-0.2, -0.15) is 0 Å². The van der Waals surface area contributed by atoms with E-state index in [2.05, 4.69) is 54.4 Å². The van der Waals surface area contributed by atoms with Crippen molar-refractivity contribution in [3.8, 4) is 17.0 Å². The molecule has 1 fully saturated rings. The van der Waals surface area contributed by atoms with Crippen LogP contribution < -0.4 is 9.64 Å². The molecule has 1 aromatic heterocycles. The third-order valence-corrected chi connectivity index (χ3v) is 6.73. The molecule has 0 radical (unpaired) electrons. The summed E-state index contributed by atoms with van der Waals surface area (Å²) in [6, 6.07) is 18.7. The van der Waals surface area contributed by atoms with Gasteiger partial charge in [-0.3, -0.25) is 4.79 Å². The molecule has 2 aliphatic rings. The van der Waals surface area contributed by atoms with Crippen LogP contribution in [0.25, 0.3) is 39.0 Å². The Labute approximate surface area is 198 Å². The maximum absolute atomic E-state index is 12.6. The molecule has 34 heavy (non-hydrogen) atoms. The molecule has 0 spiro atoms. The van der Waals surface area contributed by atoms with Gasteiger partial charge in [-0.15, -0.1) is 0 Å². The van der Waals surface area contributed by atoms with Crippen molar-refractivity contribution in [3.05, 3.63) is 66.2 Å². The van der Waals surface area contributed by atoms with E-state index in [-0.39, 0.29) is 5.91 Å². The summed E-state index contributed by atoms with van der Waals surface area (Å²) in [5.74, 6) is 0.814. The number of morpholine rings is 1. The van der Waals surface area contributed by atoms with Crippen LogP contribution in [0.3, 0.4) is 0 Å². The molecule has 0 saturated carbocycles. The van der Waals surface area contributed by atoms with Crippen molar-refractivity contribution in [1.82, 2.24) is 9.88 Å². The lowest BCUT2D eigenvalue weighted by atomic mass is 9.93. The first-order valence-corrected chi connectivity index (χ1v) is 11.5. The summed E-state index contributed by atoms with van der Waals surface area (Å²) in [7, 11) is 3.77. The van der Waals surface area contributed by atoms with E-state index in [1.807, 2.05) is 23.1 Å². The topological polar surface area (TPSA) is 54.9 Å². The van der Waals surface area contributed by atoms with Gasteiger partial charge in [0, 0.05) is 48.6 Å². The van der Waals surface area contributed by atoms with Crippen molar-refractivity contribution >= 4 is 45.0 Å². The van der Waals surface area contributed by atoms with E-state index in [4.69, 9.17) is 14.5 Å². The molecule has 6 rings (SSSR count). The number of fused-ring (bicyclic) bond motifs is 4. The number of nitrogens with zero attached hydrogens (tertiary/aromatic N) is 3. The van der Waals surface area contributed by atoms with Crippen LogP contribution in [0.1, 0.15) is 5.56 Å². The number of methoxy groups -OCH3 is 1. The highest BCUT2D eigenvalue weighted by atomic mass is 16.5. The Morgan fingerprint density at radius 1 is 1.03 bits per heavy atom. The number of carbonyl (C=O) groups excluding carboxylic acids is 1. The molecule has 1 amide bonds. The van der Waals surface area contributed by atoms with Crippen LogP contribution in [0.5, 0.6) is 5.75 Å². The highest BCUT2D eigenvalue weighted by Gasteiger charge is 2.25. The summed E-state index contributed by atoms with van der Waals surface area (Å²) in [4.78, 5) is 21.7. The third-order valence-electron chi connectivity index (χ3n) is 6.73. The Balaban J connectivity index is 1.51. The van der Waals surface area contributed by atoms with Gasteiger partial charge in [0.2, 0.25) is 5.91 Å². The van der Waals surface area contributed by atoms with E-state index in [0.717, 1.165) is 55.6 Å². The van der Waals surface area contributed by atoms with E-state index in [1.165, 1.54) is 0 Å². The summed E-state index contributed by atoms with van der Waals surface area (Å²) >= 11 is 0. The average Bonchev–Trinajstić information content (AvgIpc) is 2.90. The molecule has 170 valence electrons. The summed E-state index contributed by atoms with van der Waals surface area (Å²) in [5.41, 5.74) is 6.17. The average molecular weight is 452 g/mol. The molecule has 0 unspecified atom stereocenters. The standard InChI is InChI=1S/C28H25N3O3/c1-30-24-6-4-3-5-20(24)28-27-22(16-19(33-2)17-25(27)30)21-15-18(7-9-23(21)29-28)8-10-26(32)31-11-13-34-14-12-31/h3-10,15-17H,11-14H2,1-2H3/b10-8+. The number of ether oxygens (including phenoxy) is 2. The number of carbonyl (C=O) groups is 1. The van der Waals surface area contributed by atoms with Gasteiger partial charge in [0.25, 0.3) is 0 Å². The normalized spacial score (nSPS) is 15.2. The first-order chi connectivity index (χ1) is 16.6. The lowest BCUT2D eigenvalue weighted by Crippen LogP contribution is -2.39. The number of benzene rings is 3. The number of rotatable bonds is 3. The van der Waals surface area contributed by atoms with E-state index >= 15 is 0 Å². The Morgan fingerprint density at radius 3 is 2.68 bits per heavy atom. The Morgan fingerprint density at radius 2 is 1.85 bits per heavy atom. The lowest BCUT2D eigenvalue weighted by molar-refractivity contribution is -0.129. The van der Waals surface area contributed by atoms with Gasteiger partial charge in [0.15, 0.2) is 0 Å². The van der Waals surface area contributed by atoms with Crippen LogP contribution >= 0.6 is 0 Å². The summed E-state index contributed by atoms with van der Waals surface area (Å²) in [6.07, 6.45) is 3.53. The largest absolute Gasteiger partial charge is 0.497 e. The fourth-order valence-electron chi connectivity index (χ4n) is 4.94. The van der Waals surface area contributed by atoms with Gasteiger partial charge >= 0.3 is 0 Å². The van der Waals surface area contributed by atoms with Crippen molar-refractivity contribution in [2.75, 3.05) is 45.4 Å². The monoisotopic (exact) mass is 451 g/mol. The van der Waals surface area contributed by atoms with Gasteiger partial charge in [-0.1, -0.05) is 24.3 Å². The summed E-state index contributed by atoms with van der Waals surface area (Å²) in [5, 5.41) is 3.23. The predicted octanol–water partition coefficient (Wildman–Crippen LogP) is 5.02. The fraction of sp³-hybridized carbons (Fsp3) is 0.214. The summed E-state index contributed by atoms with van der Waals surface area (Å²) in [6.45, 7) is 2.46. The van der Waals surface area contributed by atoms with Crippen molar-refractivity contribution in [1.29, 1.82) is 0 Å². The first kappa shape index (κ1) is 20.7. The molecule has 0 aliphatic carbocycles. The van der Waals surface area contributed by atoms with E-state index in [1.54, 1.807) is 13.2 Å². The molecule has 3 aromatic carbocycles. The van der Waals surface area contributed by atoms with Crippen molar-refractivity contribution < 1.29 is 14.3 Å². The number of aromatic nitrogens is 1. The highest BCUT2D eigenvalue weighted by molar-refractivity contribution is 6.19. The van der Waals surface area contributed by atoms with Crippen LogP contribution in [0.2, 0.25) is 0 Å². The highest BCUT2D eigenvalue weighted by Crippen LogP contribution is 2.49. The van der Waals surface area contributed by atoms with Crippen molar-refractivity contribution in [2.45, 2.75) is 0 Å². The second kappa shape index (κ2) is 8.15. The minimum absolute atomic E-state index is 0.0123. The molecular weight excluding hydrogens is 426 g/mol. The van der Waals surface area contributed by atoms with Crippen LogP contribution in [0.15, 0.2) is 60.7 Å². The quantitative estimate of drug-likeness (QED) is 0.324. The zero-order chi connectivity index (χ0) is 23.2. The van der Waals surface area contributed by atoms with Crippen LogP contribution in [-0.4, -0.2) is 56.3 Å². The molecule has 6 nitrogen and oxygen atoms in total. The van der Waals surface area contributed by atoms with E-state index in [0.29, 0.717) is 26.3 Å². The number of hydrogen-bond acceptors (Lipinski definition) is 5. The van der Waals surface area contributed by atoms with Gasteiger partial charge in [0.1, 0.15) is 5.75 Å². The first-order valence-electron chi connectivity index (χ1n) is 11.5. The molecule has 0 atom stereocenters. The van der Waals surface area contributed by atoms with Gasteiger partial charge in [0.05, 0.1) is 42.9 Å². The number of hydrogen-bond donors (Lipinski definition) is 0. The van der Waals surface area contributed by atoms with Gasteiger partial charge in [-0.25, -0.2) is 4.98 Å². The maximum Gasteiger partial charge on any atom is 0.246 e. The van der Waals surface area contributed by atoms with Crippen LogP contribution in [-0.2, 0) is 9.53 Å². The number of anilines is 2. The SMILES string of the molecule is COc1cc2c3c(nc4ccc(/C=C/C(=O)N5CCOCC5)cc4c3c1)-c1ccccc1N2C. The van der Waals surface area contributed by atoms with Gasteiger partial charge < -0.3 is 19.3 Å². The number of amides is 1. The number of para-hydroxylation sites is 1. The lowest BCUT2D eigenvalue weighted by Gasteiger charge is -2.30. The van der Waals surface area contributed by atoms with Crippen LogP contribution in [0.4, 0.5) is 11.4 Å². The minimum atomic E-state index is 0.0123. The minimum Gasteiger partial charge on any atom is -0.497 e. The smallest absolute Gasteiger partial charge is 0.246 e. The van der Waals surface area contributed by atoms with Crippen molar-refractivity contribution in [3.63, 3.8) is 0 Å². The second-order valence-electron chi connectivity index (χ2n) is 8.65. The zero-order valence-electron chi connectivity index (χ0n) is 19.2. The molecule has 0 N–H and O–H groups in total. The van der Waals surface area contributed by atoms with Crippen LogP contribution in [0, 0.1) is 0 Å².